The van der Waals surface area contributed by atoms with Crippen molar-refractivity contribution < 1.29 is 14.0 Å². The van der Waals surface area contributed by atoms with Crippen LogP contribution in [-0.4, -0.2) is 18.9 Å². The minimum Gasteiger partial charge on any atom is -0.493 e. The van der Waals surface area contributed by atoms with Crippen molar-refractivity contribution in [3.8, 4) is 22.8 Å². The number of nitrogens with two attached hydrogens (primary N) is 1. The van der Waals surface area contributed by atoms with Crippen molar-refractivity contribution in [1.82, 2.24) is 5.16 Å². The molecule has 0 atom stereocenters. The first-order valence-corrected chi connectivity index (χ1v) is 5.83. The highest BCUT2D eigenvalue weighted by molar-refractivity contribution is 6.34. The molecule has 1 aliphatic heterocycles. The molecule has 1 aromatic carbocycles. The Morgan fingerprint density at radius 1 is 1.44 bits per heavy atom. The van der Waals surface area contributed by atoms with Crippen LogP contribution in [0.2, 0.25) is 5.02 Å². The van der Waals surface area contributed by atoms with Gasteiger partial charge in [0.2, 0.25) is 5.88 Å². The van der Waals surface area contributed by atoms with Gasteiger partial charge in [0, 0.05) is 23.6 Å². The molecule has 0 amide bonds. The van der Waals surface area contributed by atoms with E-state index in [0.29, 0.717) is 28.8 Å². The highest BCUT2D eigenvalue weighted by Gasteiger charge is 2.25. The Hall–Kier alpha value is -1.88. The molecule has 0 radical (unpaired) electrons. The Labute approximate surface area is 108 Å². The lowest BCUT2D eigenvalue weighted by Crippen LogP contribution is -1.92. The molecular formula is C12H11ClN2O3. The molecular weight excluding hydrogens is 256 g/mol. The monoisotopic (exact) mass is 266 g/mol. The smallest absolute Gasteiger partial charge is 0.222 e. The standard InChI is InChI=1S/C12H11ClN2O3/c1-16-9-4-7(8-5-10(14)18-15-8)11(13)6-2-3-17-12(6)9/h4-5H,2-3,14H2,1H3. The number of fused-ring (bicyclic) bond motifs is 1. The van der Waals surface area contributed by atoms with Crippen LogP contribution in [0.1, 0.15) is 5.56 Å². The minimum absolute atomic E-state index is 0.247. The Balaban J connectivity index is 2.21. The molecule has 18 heavy (non-hydrogen) atoms. The summed E-state index contributed by atoms with van der Waals surface area (Å²) in [6, 6.07) is 3.41. The zero-order valence-electron chi connectivity index (χ0n) is 9.70. The van der Waals surface area contributed by atoms with Gasteiger partial charge in [-0.3, -0.25) is 0 Å². The quantitative estimate of drug-likeness (QED) is 0.904. The molecule has 1 aliphatic rings. The third kappa shape index (κ3) is 1.59. The molecule has 0 aliphatic carbocycles. The van der Waals surface area contributed by atoms with E-state index >= 15 is 0 Å². The Morgan fingerprint density at radius 3 is 2.94 bits per heavy atom. The second-order valence-electron chi connectivity index (χ2n) is 3.96. The third-order valence-electron chi connectivity index (χ3n) is 2.90. The van der Waals surface area contributed by atoms with Crippen LogP contribution in [-0.2, 0) is 6.42 Å². The molecule has 0 saturated heterocycles. The summed E-state index contributed by atoms with van der Waals surface area (Å²) < 4.78 is 15.7. The fraction of sp³-hybridized carbons (Fsp3) is 0.250. The van der Waals surface area contributed by atoms with Crippen molar-refractivity contribution >= 4 is 17.5 Å². The zero-order valence-corrected chi connectivity index (χ0v) is 10.5. The van der Waals surface area contributed by atoms with Gasteiger partial charge in [0.1, 0.15) is 5.69 Å². The fourth-order valence-electron chi connectivity index (χ4n) is 2.06. The van der Waals surface area contributed by atoms with Crippen molar-refractivity contribution in [3.05, 3.63) is 22.7 Å². The molecule has 0 bridgehead atoms. The Morgan fingerprint density at radius 2 is 2.28 bits per heavy atom. The number of rotatable bonds is 2. The number of hydrogen-bond donors (Lipinski definition) is 1. The lowest BCUT2D eigenvalue weighted by molar-refractivity contribution is 0.326. The van der Waals surface area contributed by atoms with Gasteiger partial charge in [0.25, 0.3) is 0 Å². The number of anilines is 1. The first-order valence-electron chi connectivity index (χ1n) is 5.45. The van der Waals surface area contributed by atoms with Crippen LogP contribution >= 0.6 is 11.6 Å². The van der Waals surface area contributed by atoms with Gasteiger partial charge >= 0.3 is 0 Å². The highest BCUT2D eigenvalue weighted by Crippen LogP contribution is 2.45. The van der Waals surface area contributed by atoms with Gasteiger partial charge in [0.15, 0.2) is 11.5 Å². The van der Waals surface area contributed by atoms with Crippen LogP contribution in [0.5, 0.6) is 11.5 Å². The number of benzene rings is 1. The average Bonchev–Trinajstić information content (AvgIpc) is 2.99. The predicted octanol–water partition coefficient (Wildman–Crippen LogP) is 2.52. The van der Waals surface area contributed by atoms with E-state index in [2.05, 4.69) is 5.16 Å². The number of hydrogen-bond acceptors (Lipinski definition) is 5. The number of halogens is 1. The molecule has 2 aromatic rings. The average molecular weight is 267 g/mol. The lowest BCUT2D eigenvalue weighted by atomic mass is 10.0. The van der Waals surface area contributed by atoms with E-state index in [-0.39, 0.29) is 5.88 Å². The summed E-state index contributed by atoms with van der Waals surface area (Å²) in [6.45, 7) is 0.607. The van der Waals surface area contributed by atoms with Crippen molar-refractivity contribution in [2.24, 2.45) is 0 Å². The van der Waals surface area contributed by atoms with Gasteiger partial charge < -0.3 is 19.7 Å². The summed E-state index contributed by atoms with van der Waals surface area (Å²) in [4.78, 5) is 0. The van der Waals surface area contributed by atoms with Crippen molar-refractivity contribution in [3.63, 3.8) is 0 Å². The molecule has 2 N–H and O–H groups in total. The van der Waals surface area contributed by atoms with Gasteiger partial charge in [-0.25, -0.2) is 0 Å². The normalized spacial score (nSPS) is 13.2. The second kappa shape index (κ2) is 4.10. The maximum Gasteiger partial charge on any atom is 0.222 e. The number of methoxy groups -OCH3 is 1. The van der Waals surface area contributed by atoms with Crippen LogP contribution in [0.15, 0.2) is 16.7 Å². The van der Waals surface area contributed by atoms with Crippen LogP contribution in [0.4, 0.5) is 5.88 Å². The van der Waals surface area contributed by atoms with Gasteiger partial charge in [-0.05, 0) is 6.07 Å². The van der Waals surface area contributed by atoms with Crippen LogP contribution in [0, 0.1) is 0 Å². The molecule has 3 rings (SSSR count). The van der Waals surface area contributed by atoms with E-state index in [1.165, 1.54) is 0 Å². The van der Waals surface area contributed by atoms with Gasteiger partial charge in [-0.1, -0.05) is 16.8 Å². The minimum atomic E-state index is 0.247. The topological polar surface area (TPSA) is 70.5 Å². The number of aromatic nitrogens is 1. The Bertz CT molecular complexity index is 610. The molecule has 0 unspecified atom stereocenters. The van der Waals surface area contributed by atoms with E-state index in [9.17, 15) is 0 Å². The Kier molecular flexibility index (Phi) is 2.56. The van der Waals surface area contributed by atoms with E-state index < -0.39 is 0 Å². The van der Waals surface area contributed by atoms with Gasteiger partial charge in [0.05, 0.1) is 18.7 Å². The SMILES string of the molecule is COc1cc(-c2cc(N)on2)c(Cl)c2c1OCC2. The maximum atomic E-state index is 6.37. The van der Waals surface area contributed by atoms with Gasteiger partial charge in [-0.2, -0.15) is 0 Å². The molecule has 0 spiro atoms. The summed E-state index contributed by atoms with van der Waals surface area (Å²) in [5.41, 5.74) is 7.78. The zero-order chi connectivity index (χ0) is 12.7. The molecule has 94 valence electrons. The van der Waals surface area contributed by atoms with Crippen LogP contribution in [0.25, 0.3) is 11.3 Å². The third-order valence-corrected chi connectivity index (χ3v) is 3.33. The predicted molar refractivity (Wildman–Crippen MR) is 67.1 cm³/mol. The van der Waals surface area contributed by atoms with Crippen molar-refractivity contribution in [1.29, 1.82) is 0 Å². The van der Waals surface area contributed by atoms with Crippen LogP contribution in [0.3, 0.4) is 0 Å². The summed E-state index contributed by atoms with van der Waals surface area (Å²) >= 11 is 6.37. The summed E-state index contributed by atoms with van der Waals surface area (Å²) in [5.74, 6) is 1.60. The molecule has 0 fully saturated rings. The van der Waals surface area contributed by atoms with Crippen LogP contribution < -0.4 is 15.2 Å². The molecule has 0 saturated carbocycles. The van der Waals surface area contributed by atoms with E-state index in [1.807, 2.05) is 0 Å². The largest absolute Gasteiger partial charge is 0.493 e. The van der Waals surface area contributed by atoms with Crippen molar-refractivity contribution in [2.45, 2.75) is 6.42 Å². The highest BCUT2D eigenvalue weighted by atomic mass is 35.5. The summed E-state index contributed by atoms with van der Waals surface area (Å²) in [7, 11) is 1.59. The van der Waals surface area contributed by atoms with E-state index in [4.69, 9.17) is 31.3 Å². The first-order chi connectivity index (χ1) is 8.70. The maximum absolute atomic E-state index is 6.37. The fourth-order valence-corrected chi connectivity index (χ4v) is 2.39. The molecule has 5 nitrogen and oxygen atoms in total. The van der Waals surface area contributed by atoms with E-state index in [1.54, 1.807) is 19.2 Å². The molecule has 6 heteroatoms. The molecule has 1 aromatic heterocycles. The lowest BCUT2D eigenvalue weighted by Gasteiger charge is -2.10. The molecule has 2 heterocycles. The summed E-state index contributed by atoms with van der Waals surface area (Å²) in [5, 5.41) is 4.47. The van der Waals surface area contributed by atoms with E-state index in [0.717, 1.165) is 17.5 Å². The number of ether oxygens (including phenoxy) is 2. The van der Waals surface area contributed by atoms with Gasteiger partial charge in [-0.15, -0.1) is 0 Å². The number of nitrogens with zero attached hydrogens (tertiary/aromatic N) is 1. The second-order valence-corrected chi connectivity index (χ2v) is 4.34. The number of nitrogen functional groups attached to an aromatic ring is 1. The summed E-state index contributed by atoms with van der Waals surface area (Å²) in [6.07, 6.45) is 0.756. The first kappa shape index (κ1) is 11.2. The van der Waals surface area contributed by atoms with Crippen molar-refractivity contribution in [2.75, 3.05) is 19.5 Å².